The van der Waals surface area contributed by atoms with Gasteiger partial charge in [-0.2, -0.15) is 5.10 Å². The lowest BCUT2D eigenvalue weighted by atomic mass is 10.00. The number of rotatable bonds is 9. The van der Waals surface area contributed by atoms with Crippen molar-refractivity contribution in [1.82, 2.24) is 20.8 Å². The second-order valence-corrected chi connectivity index (χ2v) is 10.2. The maximum Gasteiger partial charge on any atom is 0.234 e. The molecule has 0 radical (unpaired) electrons. The van der Waals surface area contributed by atoms with Gasteiger partial charge in [0.15, 0.2) is 5.17 Å². The average molecular weight is 507 g/mol. The quantitative estimate of drug-likeness (QED) is 0.435. The molecule has 0 aromatic heterocycles. The number of fused-ring (bicyclic) bond motifs is 3. The van der Waals surface area contributed by atoms with Gasteiger partial charge >= 0.3 is 0 Å². The molecule has 1 saturated heterocycles. The number of nitrogens with one attached hydrogen (secondary N) is 3. The molecule has 3 atom stereocenters. The molecular weight excluding hydrogens is 472 g/mol. The number of aryl methyl sites for hydroxylation is 1. The number of benzene rings is 2. The van der Waals surface area contributed by atoms with E-state index in [1.54, 1.807) is 0 Å². The van der Waals surface area contributed by atoms with Gasteiger partial charge in [0.1, 0.15) is 11.9 Å². The molecule has 3 aliphatic heterocycles. The molecule has 3 unspecified atom stereocenters. The zero-order valence-corrected chi connectivity index (χ0v) is 21.6. The highest BCUT2D eigenvalue weighted by Crippen LogP contribution is 2.35. The molecule has 190 valence electrons. The molecule has 3 N–H and O–H groups in total. The summed E-state index contributed by atoms with van der Waals surface area (Å²) >= 11 is 1.45. The number of hydrogen-bond acceptors (Lipinski definition) is 8. The van der Waals surface area contributed by atoms with Crippen LogP contribution in [0.5, 0.6) is 5.75 Å². The van der Waals surface area contributed by atoms with E-state index in [9.17, 15) is 4.79 Å². The first-order valence-electron chi connectivity index (χ1n) is 12.7. The Hall–Kier alpha value is -3.17. The van der Waals surface area contributed by atoms with Gasteiger partial charge in [0.2, 0.25) is 5.91 Å². The zero-order chi connectivity index (χ0) is 24.9. The lowest BCUT2D eigenvalue weighted by Gasteiger charge is -2.36. The lowest BCUT2D eigenvalue weighted by Crippen LogP contribution is -2.54. The fourth-order valence-corrected chi connectivity index (χ4v) is 5.47. The maximum absolute atomic E-state index is 12.5. The van der Waals surface area contributed by atoms with Gasteiger partial charge in [-0.15, -0.1) is 0 Å². The minimum atomic E-state index is -0.0354. The Morgan fingerprint density at radius 2 is 2.06 bits per heavy atom. The Kier molecular flexibility index (Phi) is 7.67. The number of hydrazine groups is 1. The second kappa shape index (κ2) is 11.3. The van der Waals surface area contributed by atoms with Crippen molar-refractivity contribution >= 4 is 28.5 Å². The molecule has 1 amide bonds. The van der Waals surface area contributed by atoms with E-state index >= 15 is 0 Å². The van der Waals surface area contributed by atoms with Crippen LogP contribution in [0.25, 0.3) is 0 Å². The monoisotopic (exact) mass is 506 g/mol. The summed E-state index contributed by atoms with van der Waals surface area (Å²) in [5.41, 5.74) is 10.2. The summed E-state index contributed by atoms with van der Waals surface area (Å²) in [5, 5.41) is 10.5. The van der Waals surface area contributed by atoms with E-state index in [2.05, 4.69) is 81.6 Å². The summed E-state index contributed by atoms with van der Waals surface area (Å²) in [5.74, 6) is 1.19. The van der Waals surface area contributed by atoms with Crippen LogP contribution in [0.2, 0.25) is 0 Å². The maximum atomic E-state index is 12.5. The van der Waals surface area contributed by atoms with Crippen LogP contribution >= 0.6 is 11.8 Å². The first-order chi connectivity index (χ1) is 17.6. The molecule has 2 aromatic carbocycles. The molecule has 9 heteroatoms. The third-order valence-electron chi connectivity index (χ3n) is 6.71. The number of unbranched alkanes of at least 4 members (excludes halogenated alkanes) is 1. The smallest absolute Gasteiger partial charge is 0.234 e. The van der Waals surface area contributed by atoms with Crippen LogP contribution < -0.4 is 20.9 Å². The number of amides is 1. The van der Waals surface area contributed by atoms with Crippen LogP contribution in [-0.2, 0) is 11.2 Å². The van der Waals surface area contributed by atoms with E-state index in [1.165, 1.54) is 22.9 Å². The summed E-state index contributed by atoms with van der Waals surface area (Å²) in [7, 11) is 0. The van der Waals surface area contributed by atoms with Crippen molar-refractivity contribution in [1.29, 1.82) is 0 Å². The van der Waals surface area contributed by atoms with E-state index in [0.717, 1.165) is 48.9 Å². The Labute approximate surface area is 217 Å². The van der Waals surface area contributed by atoms with Gasteiger partial charge in [-0.3, -0.25) is 10.2 Å². The Morgan fingerprint density at radius 3 is 2.86 bits per heavy atom. The lowest BCUT2D eigenvalue weighted by molar-refractivity contribution is -0.113. The van der Waals surface area contributed by atoms with Crippen LogP contribution in [0.4, 0.5) is 5.69 Å². The van der Waals surface area contributed by atoms with E-state index < -0.39 is 0 Å². The van der Waals surface area contributed by atoms with Crippen molar-refractivity contribution in [2.24, 2.45) is 5.10 Å². The van der Waals surface area contributed by atoms with E-state index in [-0.39, 0.29) is 24.2 Å². The Balaban J connectivity index is 1.13. The average Bonchev–Trinajstić information content (AvgIpc) is 3.52. The Bertz CT molecular complexity index is 1120. The fraction of sp³-hybridized carbons (Fsp3) is 0.407. The SMILES string of the molecule is CCCCOc1ccc(C2CC3C4NN=C(SCC(=O)Nc5cccc(CC)c5)N4C=CN3N2)cc1. The molecule has 0 spiro atoms. The second-order valence-electron chi connectivity index (χ2n) is 9.23. The normalized spacial score (nSPS) is 22.1. The van der Waals surface area contributed by atoms with Gasteiger partial charge in [0, 0.05) is 18.1 Å². The van der Waals surface area contributed by atoms with Crippen molar-refractivity contribution in [3.05, 3.63) is 72.1 Å². The van der Waals surface area contributed by atoms with Crippen molar-refractivity contribution in [2.75, 3.05) is 17.7 Å². The van der Waals surface area contributed by atoms with Crippen molar-refractivity contribution in [2.45, 2.75) is 57.8 Å². The number of nitrogens with zero attached hydrogens (tertiary/aromatic N) is 3. The van der Waals surface area contributed by atoms with Crippen molar-refractivity contribution in [3.8, 4) is 5.75 Å². The molecule has 3 aliphatic rings. The van der Waals surface area contributed by atoms with Gasteiger partial charge in [-0.05, 0) is 54.7 Å². The molecule has 1 fully saturated rings. The fourth-order valence-electron chi connectivity index (χ4n) is 4.69. The third kappa shape index (κ3) is 5.47. The summed E-state index contributed by atoms with van der Waals surface area (Å²) in [4.78, 5) is 14.7. The largest absolute Gasteiger partial charge is 0.494 e. The molecule has 5 rings (SSSR count). The highest BCUT2D eigenvalue weighted by atomic mass is 32.2. The number of carbonyl (C=O) groups excluding carboxylic acids is 1. The predicted octanol–water partition coefficient (Wildman–Crippen LogP) is 4.41. The number of amidine groups is 1. The minimum absolute atomic E-state index is 0.0240. The van der Waals surface area contributed by atoms with Gasteiger partial charge in [-0.25, -0.2) is 5.43 Å². The van der Waals surface area contributed by atoms with E-state index in [4.69, 9.17) is 4.74 Å². The van der Waals surface area contributed by atoms with Crippen molar-refractivity contribution < 1.29 is 9.53 Å². The van der Waals surface area contributed by atoms with Crippen LogP contribution in [0.3, 0.4) is 0 Å². The Morgan fingerprint density at radius 1 is 1.19 bits per heavy atom. The molecule has 2 aromatic rings. The summed E-state index contributed by atoms with van der Waals surface area (Å²) in [6, 6.07) is 16.8. The zero-order valence-electron chi connectivity index (χ0n) is 20.8. The van der Waals surface area contributed by atoms with E-state index in [1.807, 2.05) is 24.4 Å². The van der Waals surface area contributed by atoms with Gasteiger partial charge in [0.05, 0.1) is 24.4 Å². The third-order valence-corrected chi connectivity index (χ3v) is 7.67. The molecule has 36 heavy (non-hydrogen) atoms. The number of hydrogen-bond donors (Lipinski definition) is 3. The number of thioether (sulfide) groups is 1. The standard InChI is InChI=1S/C27H34N6O2S/c1-3-5-15-35-22-11-9-20(10-12-22)23-17-24-26-29-30-27(32(26)13-14-33(24)31-23)36-18-25(34)28-21-8-6-7-19(4-2)16-21/h6-14,16,23-24,26,29,31H,3-5,15,17-18H2,1-2H3,(H,28,34). The number of hydrazone groups is 1. The van der Waals surface area contributed by atoms with E-state index in [0.29, 0.717) is 5.75 Å². The highest BCUT2D eigenvalue weighted by molar-refractivity contribution is 8.14. The molecule has 0 saturated carbocycles. The topological polar surface area (TPSA) is 81.2 Å². The molecule has 3 heterocycles. The van der Waals surface area contributed by atoms with Gasteiger partial charge in [-0.1, -0.05) is 56.3 Å². The molecule has 8 nitrogen and oxygen atoms in total. The summed E-state index contributed by atoms with van der Waals surface area (Å²) in [6.07, 6.45) is 8.19. The van der Waals surface area contributed by atoms with Crippen molar-refractivity contribution in [3.63, 3.8) is 0 Å². The number of anilines is 1. The van der Waals surface area contributed by atoms with Gasteiger partial charge < -0.3 is 20.0 Å². The molecule has 0 bridgehead atoms. The first kappa shape index (κ1) is 24.5. The first-order valence-corrected chi connectivity index (χ1v) is 13.7. The number of carbonyl (C=O) groups is 1. The minimum Gasteiger partial charge on any atom is -0.494 e. The van der Waals surface area contributed by atoms with Crippen LogP contribution in [0, 0.1) is 0 Å². The predicted molar refractivity (Wildman–Crippen MR) is 145 cm³/mol. The van der Waals surface area contributed by atoms with Crippen LogP contribution in [0.1, 0.15) is 50.3 Å². The van der Waals surface area contributed by atoms with Crippen LogP contribution in [-0.4, -0.2) is 45.6 Å². The summed E-state index contributed by atoms with van der Waals surface area (Å²) < 4.78 is 5.81. The highest BCUT2D eigenvalue weighted by Gasteiger charge is 2.44. The summed E-state index contributed by atoms with van der Waals surface area (Å²) in [6.45, 7) is 5.03. The molecular formula is C27H34N6O2S. The van der Waals surface area contributed by atoms with Gasteiger partial charge in [0.25, 0.3) is 0 Å². The van der Waals surface area contributed by atoms with Crippen LogP contribution in [0.15, 0.2) is 66.0 Å². The molecule has 0 aliphatic carbocycles. The number of ether oxygens (including phenoxy) is 1.